The second-order valence-electron chi connectivity index (χ2n) is 6.46. The standard InChI is InChI=1S/C21H24N2O3/c24-21(25)20(9-8-17-5-2-1-3-6-17)23-13-10-19(11-14-23)26-16-18-7-4-12-22-15-18/h1-9,12,15,19-20H,10-11,13-14,16H2,(H,24,25)/b9-8+/t20-/m0/s1. The van der Waals surface area contributed by atoms with Crippen molar-refractivity contribution >= 4 is 12.0 Å². The highest BCUT2D eigenvalue weighted by Crippen LogP contribution is 2.19. The molecule has 0 bridgehead atoms. The number of likely N-dealkylation sites (tertiary alicyclic amines) is 1. The Bertz CT molecular complexity index is 711. The quantitative estimate of drug-likeness (QED) is 0.829. The fourth-order valence-corrected chi connectivity index (χ4v) is 3.14. The summed E-state index contributed by atoms with van der Waals surface area (Å²) in [6.45, 7) is 1.98. The largest absolute Gasteiger partial charge is 0.480 e. The number of nitrogens with zero attached hydrogens (tertiary/aromatic N) is 2. The molecule has 0 amide bonds. The van der Waals surface area contributed by atoms with Gasteiger partial charge in [0.15, 0.2) is 0 Å². The van der Waals surface area contributed by atoms with Gasteiger partial charge in [0, 0.05) is 25.5 Å². The minimum Gasteiger partial charge on any atom is -0.480 e. The highest BCUT2D eigenvalue weighted by Gasteiger charge is 2.28. The van der Waals surface area contributed by atoms with Crippen LogP contribution in [0.15, 0.2) is 60.9 Å². The van der Waals surface area contributed by atoms with Gasteiger partial charge in [0.1, 0.15) is 6.04 Å². The minimum atomic E-state index is -0.813. The molecule has 1 saturated heterocycles. The van der Waals surface area contributed by atoms with E-state index in [9.17, 15) is 9.90 Å². The summed E-state index contributed by atoms with van der Waals surface area (Å²) in [6.07, 6.45) is 9.05. The van der Waals surface area contributed by atoms with Crippen molar-refractivity contribution in [3.8, 4) is 0 Å². The van der Waals surface area contributed by atoms with E-state index < -0.39 is 12.0 Å². The summed E-state index contributed by atoms with van der Waals surface area (Å²) in [7, 11) is 0. The van der Waals surface area contributed by atoms with Gasteiger partial charge in [0.2, 0.25) is 0 Å². The number of carboxylic acids is 1. The number of carboxylic acid groups (broad SMARTS) is 1. The lowest BCUT2D eigenvalue weighted by molar-refractivity contribution is -0.142. The molecule has 26 heavy (non-hydrogen) atoms. The number of rotatable bonds is 7. The molecule has 1 aliphatic heterocycles. The number of ether oxygens (including phenoxy) is 1. The van der Waals surface area contributed by atoms with E-state index in [1.54, 1.807) is 12.3 Å². The van der Waals surface area contributed by atoms with Crippen LogP contribution >= 0.6 is 0 Å². The summed E-state index contributed by atoms with van der Waals surface area (Å²) in [5.41, 5.74) is 2.07. The van der Waals surface area contributed by atoms with E-state index in [4.69, 9.17) is 4.74 Å². The smallest absolute Gasteiger partial charge is 0.324 e. The molecular formula is C21H24N2O3. The number of carbonyl (C=O) groups is 1. The number of aromatic nitrogens is 1. The zero-order valence-corrected chi connectivity index (χ0v) is 14.7. The molecule has 1 N–H and O–H groups in total. The van der Waals surface area contributed by atoms with Crippen molar-refractivity contribution in [1.82, 2.24) is 9.88 Å². The maximum atomic E-state index is 11.7. The molecule has 3 rings (SSSR count). The first-order chi connectivity index (χ1) is 12.7. The maximum Gasteiger partial charge on any atom is 0.324 e. The van der Waals surface area contributed by atoms with Crippen LogP contribution in [0, 0.1) is 0 Å². The predicted molar refractivity (Wildman–Crippen MR) is 101 cm³/mol. The van der Waals surface area contributed by atoms with Crippen LogP contribution in [-0.4, -0.2) is 46.2 Å². The maximum absolute atomic E-state index is 11.7. The molecular weight excluding hydrogens is 328 g/mol. The molecule has 1 atom stereocenters. The number of pyridine rings is 1. The van der Waals surface area contributed by atoms with E-state index in [2.05, 4.69) is 4.98 Å². The molecule has 2 aromatic rings. The molecule has 0 aliphatic carbocycles. The topological polar surface area (TPSA) is 62.7 Å². The van der Waals surface area contributed by atoms with E-state index >= 15 is 0 Å². The van der Waals surface area contributed by atoms with Gasteiger partial charge in [-0.15, -0.1) is 0 Å². The van der Waals surface area contributed by atoms with Gasteiger partial charge in [-0.1, -0.05) is 48.6 Å². The van der Waals surface area contributed by atoms with Crippen molar-refractivity contribution in [3.05, 3.63) is 72.1 Å². The third-order valence-corrected chi connectivity index (χ3v) is 4.60. The van der Waals surface area contributed by atoms with E-state index in [-0.39, 0.29) is 6.10 Å². The molecule has 1 fully saturated rings. The van der Waals surface area contributed by atoms with Crippen molar-refractivity contribution in [1.29, 1.82) is 0 Å². The Morgan fingerprint density at radius 3 is 2.65 bits per heavy atom. The van der Waals surface area contributed by atoms with Gasteiger partial charge >= 0.3 is 5.97 Å². The molecule has 0 radical (unpaired) electrons. The van der Waals surface area contributed by atoms with E-state index in [0.29, 0.717) is 19.7 Å². The SMILES string of the molecule is O=C(O)[C@H](/C=C/c1ccccc1)N1CCC(OCc2cccnc2)CC1. The van der Waals surface area contributed by atoms with Crippen LogP contribution in [0.25, 0.3) is 6.08 Å². The predicted octanol–water partition coefficient (Wildman–Crippen LogP) is 3.23. The van der Waals surface area contributed by atoms with E-state index in [1.165, 1.54) is 0 Å². The summed E-state index contributed by atoms with van der Waals surface area (Å²) in [5.74, 6) is -0.813. The van der Waals surface area contributed by atoms with Crippen molar-refractivity contribution in [2.24, 2.45) is 0 Å². The second kappa shape index (κ2) is 9.27. The Labute approximate surface area is 153 Å². The zero-order valence-electron chi connectivity index (χ0n) is 14.7. The molecule has 2 heterocycles. The minimum absolute atomic E-state index is 0.166. The molecule has 0 unspecified atom stereocenters. The summed E-state index contributed by atoms with van der Waals surface area (Å²) in [6, 6.07) is 13.1. The number of hydrogen-bond acceptors (Lipinski definition) is 4. The molecule has 5 heteroatoms. The molecule has 5 nitrogen and oxygen atoms in total. The monoisotopic (exact) mass is 352 g/mol. The first kappa shape index (κ1) is 18.3. The van der Waals surface area contributed by atoms with Crippen LogP contribution in [0.4, 0.5) is 0 Å². The summed E-state index contributed by atoms with van der Waals surface area (Å²) >= 11 is 0. The summed E-state index contributed by atoms with van der Waals surface area (Å²) in [5, 5.41) is 9.59. The highest BCUT2D eigenvalue weighted by atomic mass is 16.5. The van der Waals surface area contributed by atoms with Gasteiger partial charge < -0.3 is 9.84 Å². The van der Waals surface area contributed by atoms with Gasteiger partial charge in [-0.25, -0.2) is 0 Å². The summed E-state index contributed by atoms with van der Waals surface area (Å²) < 4.78 is 5.95. The lowest BCUT2D eigenvalue weighted by Gasteiger charge is -2.34. The molecule has 1 aromatic heterocycles. The molecule has 1 aliphatic rings. The van der Waals surface area contributed by atoms with Gasteiger partial charge in [0.05, 0.1) is 12.7 Å². The lowest BCUT2D eigenvalue weighted by atomic mass is 10.0. The van der Waals surface area contributed by atoms with E-state index in [0.717, 1.165) is 24.0 Å². The molecule has 0 spiro atoms. The molecule has 136 valence electrons. The molecule has 1 aromatic carbocycles. The van der Waals surface area contributed by atoms with Crippen LogP contribution in [0.2, 0.25) is 0 Å². The van der Waals surface area contributed by atoms with E-state index in [1.807, 2.05) is 59.6 Å². The number of piperidine rings is 1. The van der Waals surface area contributed by atoms with Gasteiger partial charge in [0.25, 0.3) is 0 Å². The first-order valence-electron chi connectivity index (χ1n) is 8.93. The average molecular weight is 352 g/mol. The number of aliphatic carboxylic acids is 1. The lowest BCUT2D eigenvalue weighted by Crippen LogP contribution is -2.46. The first-order valence-corrected chi connectivity index (χ1v) is 8.93. The van der Waals surface area contributed by atoms with Crippen molar-refractivity contribution in [2.45, 2.75) is 31.6 Å². The Hall–Kier alpha value is -2.50. The Balaban J connectivity index is 1.51. The number of hydrogen-bond donors (Lipinski definition) is 1. The van der Waals surface area contributed by atoms with Crippen LogP contribution in [-0.2, 0) is 16.1 Å². The average Bonchev–Trinajstić information content (AvgIpc) is 2.69. The molecule has 0 saturated carbocycles. The zero-order chi connectivity index (χ0) is 18.2. The Kier molecular flexibility index (Phi) is 6.52. The van der Waals surface area contributed by atoms with Gasteiger partial charge in [-0.2, -0.15) is 0 Å². The van der Waals surface area contributed by atoms with Crippen LogP contribution in [0.1, 0.15) is 24.0 Å². The normalized spacial score (nSPS) is 17.4. The van der Waals surface area contributed by atoms with Crippen LogP contribution in [0.3, 0.4) is 0 Å². The van der Waals surface area contributed by atoms with Gasteiger partial charge in [-0.3, -0.25) is 14.7 Å². The van der Waals surface area contributed by atoms with Crippen molar-refractivity contribution < 1.29 is 14.6 Å². The van der Waals surface area contributed by atoms with Crippen molar-refractivity contribution in [3.63, 3.8) is 0 Å². The van der Waals surface area contributed by atoms with Crippen LogP contribution in [0.5, 0.6) is 0 Å². The van der Waals surface area contributed by atoms with Gasteiger partial charge in [-0.05, 0) is 30.0 Å². The fourth-order valence-electron chi connectivity index (χ4n) is 3.14. The number of benzene rings is 1. The Morgan fingerprint density at radius 1 is 1.23 bits per heavy atom. The van der Waals surface area contributed by atoms with Crippen molar-refractivity contribution in [2.75, 3.05) is 13.1 Å². The van der Waals surface area contributed by atoms with Crippen LogP contribution < -0.4 is 0 Å². The summed E-state index contributed by atoms with van der Waals surface area (Å²) in [4.78, 5) is 17.8. The second-order valence-corrected chi connectivity index (χ2v) is 6.46. The fraction of sp³-hybridized carbons (Fsp3) is 0.333. The third kappa shape index (κ3) is 5.25. The third-order valence-electron chi connectivity index (χ3n) is 4.60. The Morgan fingerprint density at radius 2 is 2.00 bits per heavy atom. The highest BCUT2D eigenvalue weighted by molar-refractivity contribution is 5.77.